The predicted molar refractivity (Wildman–Crippen MR) is 127 cm³/mol. The van der Waals surface area contributed by atoms with Crippen LogP contribution in [0.2, 0.25) is 0 Å². The molecule has 3 aromatic rings. The number of nitrogens with one attached hydrogen (secondary N) is 1. The smallest absolute Gasteiger partial charge is 0.261 e. The number of hydrogen-bond acceptors (Lipinski definition) is 6. The molecule has 8 nitrogen and oxygen atoms in total. The van der Waals surface area contributed by atoms with Gasteiger partial charge < -0.3 is 19.5 Å². The van der Waals surface area contributed by atoms with Crippen LogP contribution in [0.3, 0.4) is 0 Å². The molecule has 1 N–H and O–H groups in total. The number of nitrogens with zero attached hydrogens (tertiary/aromatic N) is 1. The van der Waals surface area contributed by atoms with Crippen molar-refractivity contribution in [2.45, 2.75) is 19.6 Å². The summed E-state index contributed by atoms with van der Waals surface area (Å²) < 4.78 is 17.3. The van der Waals surface area contributed by atoms with E-state index in [0.717, 1.165) is 0 Å². The first-order chi connectivity index (χ1) is 17.0. The second kappa shape index (κ2) is 9.50. The maximum atomic E-state index is 13.1. The van der Waals surface area contributed by atoms with Gasteiger partial charge in [0.1, 0.15) is 18.5 Å². The van der Waals surface area contributed by atoms with Crippen molar-refractivity contribution in [1.29, 1.82) is 0 Å². The Bertz CT molecular complexity index is 1270. The number of ether oxygens (including phenoxy) is 3. The highest BCUT2D eigenvalue weighted by Gasteiger charge is 2.35. The molecule has 35 heavy (non-hydrogen) atoms. The maximum Gasteiger partial charge on any atom is 0.261 e. The zero-order valence-electron chi connectivity index (χ0n) is 19.2. The molecule has 3 aromatic carbocycles. The Hall–Kier alpha value is -4.33. The first kappa shape index (κ1) is 22.5. The third kappa shape index (κ3) is 4.42. The van der Waals surface area contributed by atoms with E-state index in [0.29, 0.717) is 52.7 Å². The molecule has 0 saturated carbocycles. The molecule has 178 valence electrons. The van der Waals surface area contributed by atoms with Crippen LogP contribution >= 0.6 is 0 Å². The number of carbonyl (C=O) groups is 3. The van der Waals surface area contributed by atoms with Gasteiger partial charge in [-0.25, -0.2) is 0 Å². The van der Waals surface area contributed by atoms with Gasteiger partial charge in [-0.3, -0.25) is 19.3 Å². The monoisotopic (exact) mass is 472 g/mol. The summed E-state index contributed by atoms with van der Waals surface area (Å²) in [6, 6.07) is 19.2. The van der Waals surface area contributed by atoms with E-state index in [9.17, 15) is 14.4 Å². The Morgan fingerprint density at radius 1 is 1.00 bits per heavy atom. The molecule has 8 heteroatoms. The van der Waals surface area contributed by atoms with Crippen LogP contribution in [0.5, 0.6) is 17.2 Å². The van der Waals surface area contributed by atoms with Crippen molar-refractivity contribution >= 4 is 17.7 Å². The fourth-order valence-electron chi connectivity index (χ4n) is 4.17. The number of fused-ring (bicyclic) bond motifs is 2. The number of hydrogen-bond donors (Lipinski definition) is 1. The molecular formula is C27H24N2O6. The van der Waals surface area contributed by atoms with Crippen molar-refractivity contribution in [2.75, 3.05) is 19.8 Å². The van der Waals surface area contributed by atoms with Gasteiger partial charge in [0.25, 0.3) is 17.7 Å². The molecule has 0 fully saturated rings. The van der Waals surface area contributed by atoms with Crippen LogP contribution in [-0.2, 0) is 6.54 Å². The van der Waals surface area contributed by atoms with Crippen molar-refractivity contribution in [3.8, 4) is 17.2 Å². The molecule has 3 amide bonds. The van der Waals surface area contributed by atoms with E-state index >= 15 is 0 Å². The van der Waals surface area contributed by atoms with Gasteiger partial charge >= 0.3 is 0 Å². The Kier molecular flexibility index (Phi) is 6.10. The minimum atomic E-state index is -0.347. The molecule has 5 rings (SSSR count). The lowest BCUT2D eigenvalue weighted by Gasteiger charge is -2.26. The highest BCUT2D eigenvalue weighted by molar-refractivity contribution is 6.21. The van der Waals surface area contributed by atoms with E-state index < -0.39 is 0 Å². The molecular weight excluding hydrogens is 448 g/mol. The molecule has 0 saturated heterocycles. The number of carbonyl (C=O) groups excluding carboxylic acids is 3. The molecule has 1 atom stereocenters. The summed E-state index contributed by atoms with van der Waals surface area (Å²) in [6.45, 7) is 2.82. The predicted octanol–water partition coefficient (Wildman–Crippen LogP) is 3.45. The highest BCUT2D eigenvalue weighted by Crippen LogP contribution is 2.31. The molecule has 1 unspecified atom stereocenters. The van der Waals surface area contributed by atoms with Gasteiger partial charge in [0.2, 0.25) is 0 Å². The van der Waals surface area contributed by atoms with E-state index in [4.69, 9.17) is 14.2 Å². The SMILES string of the molecule is CCOc1ccc(CN2C(=O)c3ccccc3C2=O)cc1C(=O)NCC1COc2ccccc2O1. The third-order valence-corrected chi connectivity index (χ3v) is 5.87. The zero-order valence-corrected chi connectivity index (χ0v) is 19.2. The lowest BCUT2D eigenvalue weighted by Crippen LogP contribution is -2.40. The molecule has 0 spiro atoms. The van der Waals surface area contributed by atoms with Crippen LogP contribution in [-0.4, -0.2) is 48.5 Å². The minimum absolute atomic E-state index is 0.0510. The van der Waals surface area contributed by atoms with Crippen LogP contribution < -0.4 is 19.5 Å². The van der Waals surface area contributed by atoms with Crippen LogP contribution in [0, 0.1) is 0 Å². The van der Waals surface area contributed by atoms with Crippen LogP contribution in [0.25, 0.3) is 0 Å². The molecule has 2 heterocycles. The summed E-state index contributed by atoms with van der Waals surface area (Å²) in [7, 11) is 0. The molecule has 0 aliphatic carbocycles. The summed E-state index contributed by atoms with van der Waals surface area (Å²) in [5, 5.41) is 2.88. The summed E-state index contributed by atoms with van der Waals surface area (Å²) in [4.78, 5) is 39.8. The van der Waals surface area contributed by atoms with Crippen LogP contribution in [0.1, 0.15) is 43.6 Å². The van der Waals surface area contributed by atoms with E-state index in [1.807, 2.05) is 31.2 Å². The average Bonchev–Trinajstić information content (AvgIpc) is 3.13. The van der Waals surface area contributed by atoms with Gasteiger partial charge in [-0.05, 0) is 48.9 Å². The van der Waals surface area contributed by atoms with Crippen molar-refractivity contribution in [3.63, 3.8) is 0 Å². The Labute approximate surface area is 202 Å². The number of benzene rings is 3. The first-order valence-corrected chi connectivity index (χ1v) is 11.4. The lowest BCUT2D eigenvalue weighted by atomic mass is 10.1. The van der Waals surface area contributed by atoms with Gasteiger partial charge in [0, 0.05) is 0 Å². The fourth-order valence-corrected chi connectivity index (χ4v) is 4.17. The van der Waals surface area contributed by atoms with Gasteiger partial charge in [-0.1, -0.05) is 30.3 Å². The normalized spacial score (nSPS) is 16.1. The topological polar surface area (TPSA) is 94.2 Å². The fraction of sp³-hybridized carbons (Fsp3) is 0.222. The van der Waals surface area contributed by atoms with Crippen molar-refractivity contribution in [2.24, 2.45) is 0 Å². The summed E-state index contributed by atoms with van der Waals surface area (Å²) in [6.07, 6.45) is -0.342. The second-order valence-corrected chi connectivity index (χ2v) is 8.21. The second-order valence-electron chi connectivity index (χ2n) is 8.21. The molecule has 2 aliphatic heterocycles. The van der Waals surface area contributed by atoms with Crippen LogP contribution in [0.15, 0.2) is 66.7 Å². The van der Waals surface area contributed by atoms with Gasteiger partial charge in [0.05, 0.1) is 36.4 Å². The summed E-state index contributed by atoms with van der Waals surface area (Å²) >= 11 is 0. The Morgan fingerprint density at radius 3 is 2.40 bits per heavy atom. The number of imide groups is 1. The Balaban J connectivity index is 1.30. The van der Waals surface area contributed by atoms with Crippen molar-refractivity contribution in [3.05, 3.63) is 89.0 Å². The van der Waals surface area contributed by atoms with Crippen LogP contribution in [0.4, 0.5) is 0 Å². The maximum absolute atomic E-state index is 13.1. The van der Waals surface area contributed by atoms with E-state index in [1.165, 1.54) is 4.90 Å². The number of para-hydroxylation sites is 2. The molecule has 0 radical (unpaired) electrons. The van der Waals surface area contributed by atoms with Crippen molar-refractivity contribution < 1.29 is 28.6 Å². The molecule has 0 aromatic heterocycles. The molecule has 0 bridgehead atoms. The average molecular weight is 472 g/mol. The quantitative estimate of drug-likeness (QED) is 0.530. The number of amides is 3. The minimum Gasteiger partial charge on any atom is -0.493 e. The Morgan fingerprint density at radius 2 is 1.69 bits per heavy atom. The van der Waals surface area contributed by atoms with Gasteiger partial charge in [0.15, 0.2) is 11.5 Å². The van der Waals surface area contributed by atoms with Crippen molar-refractivity contribution in [1.82, 2.24) is 10.2 Å². The zero-order chi connectivity index (χ0) is 24.4. The first-order valence-electron chi connectivity index (χ1n) is 11.4. The highest BCUT2D eigenvalue weighted by atomic mass is 16.6. The van der Waals surface area contributed by atoms with E-state index in [-0.39, 0.29) is 36.9 Å². The van der Waals surface area contributed by atoms with Gasteiger partial charge in [-0.2, -0.15) is 0 Å². The summed E-state index contributed by atoms with van der Waals surface area (Å²) in [5.41, 5.74) is 1.73. The largest absolute Gasteiger partial charge is 0.493 e. The molecule has 2 aliphatic rings. The summed E-state index contributed by atoms with van der Waals surface area (Å²) in [5.74, 6) is 0.688. The van der Waals surface area contributed by atoms with E-state index in [1.54, 1.807) is 42.5 Å². The third-order valence-electron chi connectivity index (χ3n) is 5.87. The van der Waals surface area contributed by atoms with E-state index in [2.05, 4.69) is 5.32 Å². The lowest BCUT2D eigenvalue weighted by molar-refractivity contribution is 0.0642. The number of rotatable bonds is 7. The van der Waals surface area contributed by atoms with Gasteiger partial charge in [-0.15, -0.1) is 0 Å². The standard InChI is InChI=1S/C27H24N2O6/c1-2-33-22-12-11-17(15-29-26(31)19-7-3-4-8-20(19)27(29)32)13-21(22)25(30)28-14-18-16-34-23-9-5-6-10-24(23)35-18/h3-13,18H,2,14-16H2,1H3,(H,28,30).